The maximum atomic E-state index is 3.84. The zero-order chi connectivity index (χ0) is 31.3. The Morgan fingerprint density at radius 1 is 0.404 bits per heavy atom. The fourth-order valence-corrected chi connectivity index (χ4v) is 7.50. The quantitative estimate of drug-likeness (QED) is 0.178. The minimum Gasteiger partial charge on any atom is -0.310 e. The molecule has 222 valence electrons. The summed E-state index contributed by atoms with van der Waals surface area (Å²) in [6, 6.07) is 63.5. The van der Waals surface area contributed by atoms with Crippen molar-refractivity contribution in [2.45, 2.75) is 0 Å². The number of halogens is 1. The Morgan fingerprint density at radius 2 is 1.00 bits per heavy atom. The summed E-state index contributed by atoms with van der Waals surface area (Å²) in [7, 11) is 0. The molecule has 3 heteroatoms. The van der Waals surface area contributed by atoms with Gasteiger partial charge < -0.3 is 9.47 Å². The minimum atomic E-state index is 1.05. The van der Waals surface area contributed by atoms with Gasteiger partial charge in [-0.1, -0.05) is 131 Å². The number of hydrogen-bond acceptors (Lipinski definition) is 1. The highest BCUT2D eigenvalue weighted by Crippen LogP contribution is 2.41. The van der Waals surface area contributed by atoms with Gasteiger partial charge in [0.05, 0.1) is 16.7 Å². The van der Waals surface area contributed by atoms with E-state index in [9.17, 15) is 0 Å². The van der Waals surface area contributed by atoms with E-state index < -0.39 is 0 Å². The van der Waals surface area contributed by atoms with Crippen molar-refractivity contribution in [1.29, 1.82) is 0 Å². The number of rotatable bonds is 5. The largest absolute Gasteiger partial charge is 0.310 e. The molecule has 9 rings (SSSR count). The molecule has 0 amide bonds. The molecule has 0 saturated carbocycles. The van der Waals surface area contributed by atoms with Crippen LogP contribution in [0.4, 0.5) is 17.1 Å². The molecule has 0 unspecified atom stereocenters. The summed E-state index contributed by atoms with van der Waals surface area (Å²) < 4.78 is 3.42. The molecule has 8 aromatic carbocycles. The third kappa shape index (κ3) is 4.79. The fourth-order valence-electron chi connectivity index (χ4n) is 7.02. The predicted molar refractivity (Wildman–Crippen MR) is 204 cm³/mol. The molecule has 9 aromatic rings. The van der Waals surface area contributed by atoms with Gasteiger partial charge in [-0.3, -0.25) is 0 Å². The number of hydrogen-bond donors (Lipinski definition) is 0. The molecule has 0 radical (unpaired) electrons. The molecular weight excluding hydrogens is 636 g/mol. The molecule has 0 atom stereocenters. The molecule has 0 aliphatic carbocycles. The lowest BCUT2D eigenvalue weighted by atomic mass is 10.0. The van der Waals surface area contributed by atoms with Crippen molar-refractivity contribution in [3.63, 3.8) is 0 Å². The molecule has 0 spiro atoms. The van der Waals surface area contributed by atoms with E-state index in [2.05, 4.69) is 201 Å². The van der Waals surface area contributed by atoms with Crippen LogP contribution in [0.15, 0.2) is 180 Å². The third-order valence-electron chi connectivity index (χ3n) is 9.18. The number of fused-ring (bicyclic) bond motifs is 5. The molecule has 0 aliphatic heterocycles. The Kier molecular flexibility index (Phi) is 6.65. The van der Waals surface area contributed by atoms with Gasteiger partial charge in [0.25, 0.3) is 0 Å². The van der Waals surface area contributed by atoms with E-state index in [4.69, 9.17) is 0 Å². The van der Waals surface area contributed by atoms with Crippen LogP contribution in [0.5, 0.6) is 0 Å². The van der Waals surface area contributed by atoms with E-state index in [1.807, 2.05) is 0 Å². The average molecular weight is 666 g/mol. The lowest BCUT2D eigenvalue weighted by molar-refractivity contribution is 1.18. The number of aromatic nitrogens is 1. The highest BCUT2D eigenvalue weighted by atomic mass is 79.9. The summed E-state index contributed by atoms with van der Waals surface area (Å²) >= 11 is 3.84. The zero-order valence-electron chi connectivity index (χ0n) is 25.5. The highest BCUT2D eigenvalue weighted by Gasteiger charge is 2.17. The number of anilines is 3. The average Bonchev–Trinajstić information content (AvgIpc) is 3.46. The van der Waals surface area contributed by atoms with Gasteiger partial charge in [0.15, 0.2) is 0 Å². The van der Waals surface area contributed by atoms with Crippen molar-refractivity contribution in [2.75, 3.05) is 4.90 Å². The van der Waals surface area contributed by atoms with Crippen LogP contribution in [0.25, 0.3) is 60.2 Å². The fraction of sp³-hybridized carbons (Fsp3) is 0. The van der Waals surface area contributed by atoms with E-state index in [-0.39, 0.29) is 0 Å². The molecule has 2 nitrogen and oxygen atoms in total. The zero-order valence-corrected chi connectivity index (χ0v) is 27.1. The molecule has 0 aliphatic rings. The molecule has 47 heavy (non-hydrogen) atoms. The van der Waals surface area contributed by atoms with Crippen molar-refractivity contribution >= 4 is 76.3 Å². The highest BCUT2D eigenvalue weighted by molar-refractivity contribution is 9.10. The van der Waals surface area contributed by atoms with Gasteiger partial charge in [0, 0.05) is 37.7 Å². The van der Waals surface area contributed by atoms with Crippen LogP contribution in [0.1, 0.15) is 0 Å². The van der Waals surface area contributed by atoms with Crippen molar-refractivity contribution in [1.82, 2.24) is 4.57 Å². The lowest BCUT2D eigenvalue weighted by Crippen LogP contribution is -2.10. The third-order valence-corrected chi connectivity index (χ3v) is 9.64. The van der Waals surface area contributed by atoms with E-state index in [0.29, 0.717) is 0 Å². The second-order valence-electron chi connectivity index (χ2n) is 12.0. The first-order valence-electron chi connectivity index (χ1n) is 15.9. The maximum Gasteiger partial charge on any atom is 0.0541 e. The smallest absolute Gasteiger partial charge is 0.0541 e. The predicted octanol–water partition coefficient (Wildman–Crippen LogP) is 13.0. The van der Waals surface area contributed by atoms with Crippen molar-refractivity contribution < 1.29 is 0 Å². The van der Waals surface area contributed by atoms with Gasteiger partial charge in [0.1, 0.15) is 0 Å². The second kappa shape index (κ2) is 11.3. The molecular formula is C44H29BrN2. The number of benzene rings is 8. The Hall–Kier alpha value is -5.64. The second-order valence-corrected chi connectivity index (χ2v) is 12.9. The van der Waals surface area contributed by atoms with E-state index >= 15 is 0 Å². The first-order valence-corrected chi connectivity index (χ1v) is 16.7. The van der Waals surface area contributed by atoms with Crippen LogP contribution >= 0.6 is 15.9 Å². The molecule has 0 saturated heterocycles. The summed E-state index contributed by atoms with van der Waals surface area (Å²) in [6.45, 7) is 0. The SMILES string of the molecule is Brc1cc(-c2ccc(N(c3ccc4ccccc4c3)c3cccc4ccccc34)cc2)cc(-n2c3ccccc3c3ccccc32)c1. The molecule has 1 heterocycles. The van der Waals surface area contributed by atoms with E-state index in [1.54, 1.807) is 0 Å². The van der Waals surface area contributed by atoms with Crippen LogP contribution in [-0.4, -0.2) is 4.57 Å². The Labute approximate surface area is 281 Å². The van der Waals surface area contributed by atoms with Gasteiger partial charge in [-0.05, 0) is 87.9 Å². The summed E-state index contributed by atoms with van der Waals surface area (Å²) in [6.07, 6.45) is 0. The van der Waals surface area contributed by atoms with E-state index in [0.717, 1.165) is 38.3 Å². The monoisotopic (exact) mass is 664 g/mol. The minimum absolute atomic E-state index is 1.05. The van der Waals surface area contributed by atoms with Gasteiger partial charge in [-0.2, -0.15) is 0 Å². The van der Waals surface area contributed by atoms with Crippen LogP contribution in [0.3, 0.4) is 0 Å². The van der Waals surface area contributed by atoms with Gasteiger partial charge >= 0.3 is 0 Å². The van der Waals surface area contributed by atoms with Gasteiger partial charge in [-0.25, -0.2) is 0 Å². The van der Waals surface area contributed by atoms with Gasteiger partial charge in [-0.15, -0.1) is 0 Å². The summed E-state index contributed by atoms with van der Waals surface area (Å²) in [5.74, 6) is 0. The molecule has 1 aromatic heterocycles. The van der Waals surface area contributed by atoms with Crippen molar-refractivity contribution in [2.24, 2.45) is 0 Å². The van der Waals surface area contributed by atoms with E-state index in [1.165, 1.54) is 43.4 Å². The Morgan fingerprint density at radius 3 is 1.74 bits per heavy atom. The Bertz CT molecular complexity index is 2540. The lowest BCUT2D eigenvalue weighted by Gasteiger charge is -2.27. The topological polar surface area (TPSA) is 8.17 Å². The van der Waals surface area contributed by atoms with Crippen LogP contribution in [-0.2, 0) is 0 Å². The first-order chi connectivity index (χ1) is 23.2. The molecule has 0 N–H and O–H groups in total. The molecule has 0 bridgehead atoms. The summed E-state index contributed by atoms with van der Waals surface area (Å²) in [5.41, 5.74) is 9.25. The van der Waals surface area contributed by atoms with Crippen molar-refractivity contribution in [3.8, 4) is 16.8 Å². The number of nitrogens with zero attached hydrogens (tertiary/aromatic N) is 2. The van der Waals surface area contributed by atoms with Crippen LogP contribution in [0, 0.1) is 0 Å². The molecule has 0 fully saturated rings. The first kappa shape index (κ1) is 27.7. The Balaban J connectivity index is 1.18. The maximum absolute atomic E-state index is 3.84. The summed E-state index contributed by atoms with van der Waals surface area (Å²) in [5, 5.41) is 7.42. The normalized spacial score (nSPS) is 11.5. The van der Waals surface area contributed by atoms with Crippen LogP contribution < -0.4 is 4.90 Å². The van der Waals surface area contributed by atoms with Crippen molar-refractivity contribution in [3.05, 3.63) is 180 Å². The standard InChI is InChI=1S/C44H29BrN2/c45-35-26-34(28-38(29-35)47-43-17-7-5-15-40(43)41-16-6-8-18-44(41)47)31-20-23-36(24-21-31)46(37-25-22-30-10-1-2-12-33(30)27-37)42-19-9-13-32-11-3-4-14-39(32)42/h1-29H. The summed E-state index contributed by atoms with van der Waals surface area (Å²) in [4.78, 5) is 2.38. The number of para-hydroxylation sites is 2. The van der Waals surface area contributed by atoms with Crippen LogP contribution in [0.2, 0.25) is 0 Å². The van der Waals surface area contributed by atoms with Gasteiger partial charge in [0.2, 0.25) is 0 Å².